The first-order valence-electron chi connectivity index (χ1n) is 4.97. The van der Waals surface area contributed by atoms with E-state index in [1.807, 2.05) is 6.92 Å². The van der Waals surface area contributed by atoms with Gasteiger partial charge in [0.25, 0.3) is 0 Å². The topological polar surface area (TPSA) is 9.23 Å². The second-order valence-corrected chi connectivity index (χ2v) is 3.65. The van der Waals surface area contributed by atoms with Crippen molar-refractivity contribution in [1.29, 1.82) is 0 Å². The third kappa shape index (κ3) is 1.89. The monoisotopic (exact) mass is 196 g/mol. The molecule has 0 radical (unpaired) electrons. The Kier molecular flexibility index (Phi) is 3.50. The molecular formula is C12H17FO. The second kappa shape index (κ2) is 4.45. The molecule has 1 aromatic rings. The van der Waals surface area contributed by atoms with Gasteiger partial charge in [0, 0.05) is 5.56 Å². The zero-order valence-electron chi connectivity index (χ0n) is 9.23. The molecule has 0 fully saturated rings. The van der Waals surface area contributed by atoms with Crippen molar-refractivity contribution in [1.82, 2.24) is 0 Å². The SMILES string of the molecule is CCc1c(F)ccc(OC)c1C(C)C. The van der Waals surface area contributed by atoms with Gasteiger partial charge in [-0.05, 0) is 30.0 Å². The summed E-state index contributed by atoms with van der Waals surface area (Å²) in [5.74, 6) is 0.950. The molecule has 0 heterocycles. The van der Waals surface area contributed by atoms with Crippen molar-refractivity contribution >= 4 is 0 Å². The lowest BCUT2D eigenvalue weighted by Crippen LogP contribution is -2.02. The standard InChI is InChI=1S/C12H17FO/c1-5-9-10(13)6-7-11(14-4)12(9)8(2)3/h6-8H,5H2,1-4H3. The highest BCUT2D eigenvalue weighted by molar-refractivity contribution is 5.43. The van der Waals surface area contributed by atoms with Crippen molar-refractivity contribution in [3.63, 3.8) is 0 Å². The summed E-state index contributed by atoms with van der Waals surface area (Å²) in [6.07, 6.45) is 0.705. The highest BCUT2D eigenvalue weighted by atomic mass is 19.1. The first-order chi connectivity index (χ1) is 6.61. The van der Waals surface area contributed by atoms with E-state index in [0.29, 0.717) is 6.42 Å². The van der Waals surface area contributed by atoms with Gasteiger partial charge < -0.3 is 4.74 Å². The summed E-state index contributed by atoms with van der Waals surface area (Å²) < 4.78 is 18.7. The Hall–Kier alpha value is -1.05. The molecule has 1 aromatic carbocycles. The van der Waals surface area contributed by atoms with Gasteiger partial charge in [0.1, 0.15) is 11.6 Å². The first-order valence-corrected chi connectivity index (χ1v) is 4.97. The highest BCUT2D eigenvalue weighted by Gasteiger charge is 2.15. The van der Waals surface area contributed by atoms with Crippen LogP contribution in [0.3, 0.4) is 0 Å². The fourth-order valence-electron chi connectivity index (χ4n) is 1.79. The third-order valence-electron chi connectivity index (χ3n) is 2.41. The molecule has 2 heteroatoms. The fraction of sp³-hybridized carbons (Fsp3) is 0.500. The summed E-state index contributed by atoms with van der Waals surface area (Å²) in [5.41, 5.74) is 1.77. The zero-order valence-corrected chi connectivity index (χ0v) is 9.23. The molecule has 0 N–H and O–H groups in total. The molecule has 1 rings (SSSR count). The van der Waals surface area contributed by atoms with Crippen molar-refractivity contribution in [2.24, 2.45) is 0 Å². The van der Waals surface area contributed by atoms with Gasteiger partial charge in [-0.3, -0.25) is 0 Å². The summed E-state index contributed by atoms with van der Waals surface area (Å²) in [6.45, 7) is 6.07. The van der Waals surface area contributed by atoms with Crippen molar-refractivity contribution in [2.75, 3.05) is 7.11 Å². The van der Waals surface area contributed by atoms with Crippen molar-refractivity contribution in [3.05, 3.63) is 29.1 Å². The van der Waals surface area contributed by atoms with Crippen LogP contribution in [0, 0.1) is 5.82 Å². The molecule has 0 spiro atoms. The number of benzene rings is 1. The van der Waals surface area contributed by atoms with Gasteiger partial charge in [0.2, 0.25) is 0 Å². The number of halogens is 1. The van der Waals surface area contributed by atoms with E-state index in [4.69, 9.17) is 4.74 Å². The highest BCUT2D eigenvalue weighted by Crippen LogP contribution is 2.31. The third-order valence-corrected chi connectivity index (χ3v) is 2.41. The molecule has 78 valence electrons. The number of hydrogen-bond acceptors (Lipinski definition) is 1. The molecule has 1 nitrogen and oxygen atoms in total. The minimum Gasteiger partial charge on any atom is -0.496 e. The van der Waals surface area contributed by atoms with Crippen LogP contribution in [0.25, 0.3) is 0 Å². The van der Waals surface area contributed by atoms with Crippen molar-refractivity contribution in [2.45, 2.75) is 33.1 Å². The summed E-state index contributed by atoms with van der Waals surface area (Å²) in [5, 5.41) is 0. The molecule has 0 aliphatic rings. The lowest BCUT2D eigenvalue weighted by molar-refractivity contribution is 0.404. The maximum absolute atomic E-state index is 13.5. The van der Waals surface area contributed by atoms with Crippen LogP contribution >= 0.6 is 0 Å². The van der Waals surface area contributed by atoms with Gasteiger partial charge in [0.05, 0.1) is 7.11 Å². The lowest BCUT2D eigenvalue weighted by Gasteiger charge is -2.16. The maximum atomic E-state index is 13.5. The van der Waals surface area contributed by atoms with Gasteiger partial charge in [-0.2, -0.15) is 0 Å². The Balaban J connectivity index is 3.36. The van der Waals surface area contributed by atoms with Crippen molar-refractivity contribution < 1.29 is 9.13 Å². The fourth-order valence-corrected chi connectivity index (χ4v) is 1.79. The minimum atomic E-state index is -0.128. The number of ether oxygens (including phenoxy) is 1. The molecular weight excluding hydrogens is 179 g/mol. The molecule has 14 heavy (non-hydrogen) atoms. The van der Waals surface area contributed by atoms with Crippen LogP contribution in [-0.2, 0) is 6.42 Å². The molecule has 0 aliphatic heterocycles. The van der Waals surface area contributed by atoms with E-state index in [1.54, 1.807) is 13.2 Å². The first kappa shape index (κ1) is 11.0. The second-order valence-electron chi connectivity index (χ2n) is 3.65. The van der Waals surface area contributed by atoms with Crippen LogP contribution in [-0.4, -0.2) is 7.11 Å². The predicted molar refractivity (Wildman–Crippen MR) is 56.4 cm³/mol. The zero-order chi connectivity index (χ0) is 10.7. The smallest absolute Gasteiger partial charge is 0.126 e. The summed E-state index contributed by atoms with van der Waals surface area (Å²) in [6, 6.07) is 3.17. The van der Waals surface area contributed by atoms with Gasteiger partial charge in [-0.1, -0.05) is 20.8 Å². The van der Waals surface area contributed by atoms with Gasteiger partial charge in [-0.15, -0.1) is 0 Å². The maximum Gasteiger partial charge on any atom is 0.126 e. The van der Waals surface area contributed by atoms with E-state index in [9.17, 15) is 4.39 Å². The van der Waals surface area contributed by atoms with Gasteiger partial charge >= 0.3 is 0 Å². The molecule has 0 unspecified atom stereocenters. The van der Waals surface area contributed by atoms with E-state index in [0.717, 1.165) is 16.9 Å². The Labute approximate surface area is 84.9 Å². The largest absolute Gasteiger partial charge is 0.496 e. The minimum absolute atomic E-state index is 0.128. The van der Waals surface area contributed by atoms with Crippen molar-refractivity contribution in [3.8, 4) is 5.75 Å². The van der Waals surface area contributed by atoms with E-state index < -0.39 is 0 Å². The Morgan fingerprint density at radius 1 is 1.36 bits per heavy atom. The van der Waals surface area contributed by atoms with E-state index in [2.05, 4.69) is 13.8 Å². The van der Waals surface area contributed by atoms with Crippen LogP contribution in [0.4, 0.5) is 4.39 Å². The van der Waals surface area contributed by atoms with E-state index in [-0.39, 0.29) is 11.7 Å². The summed E-state index contributed by atoms with van der Waals surface area (Å²) in [4.78, 5) is 0. The average Bonchev–Trinajstić information content (AvgIpc) is 2.17. The number of rotatable bonds is 3. The molecule has 0 amide bonds. The molecule has 0 bridgehead atoms. The predicted octanol–water partition coefficient (Wildman–Crippen LogP) is 3.52. The Morgan fingerprint density at radius 2 is 2.00 bits per heavy atom. The van der Waals surface area contributed by atoms with E-state index in [1.165, 1.54) is 6.07 Å². The molecule has 0 saturated carbocycles. The summed E-state index contributed by atoms with van der Waals surface area (Å²) >= 11 is 0. The summed E-state index contributed by atoms with van der Waals surface area (Å²) in [7, 11) is 1.62. The van der Waals surface area contributed by atoms with Crippen LogP contribution in [0.5, 0.6) is 5.75 Å². The average molecular weight is 196 g/mol. The Bertz CT molecular complexity index is 318. The van der Waals surface area contributed by atoms with Crippen LogP contribution in [0.2, 0.25) is 0 Å². The van der Waals surface area contributed by atoms with Gasteiger partial charge in [-0.25, -0.2) is 4.39 Å². The normalized spacial score (nSPS) is 10.7. The van der Waals surface area contributed by atoms with E-state index >= 15 is 0 Å². The number of hydrogen-bond donors (Lipinski definition) is 0. The molecule has 0 atom stereocenters. The molecule has 0 saturated heterocycles. The van der Waals surface area contributed by atoms with Crippen LogP contribution in [0.15, 0.2) is 12.1 Å². The molecule has 0 aliphatic carbocycles. The Morgan fingerprint density at radius 3 is 2.43 bits per heavy atom. The molecule has 0 aromatic heterocycles. The number of methoxy groups -OCH3 is 1. The lowest BCUT2D eigenvalue weighted by atomic mass is 9.94. The van der Waals surface area contributed by atoms with Crippen LogP contribution < -0.4 is 4.74 Å². The van der Waals surface area contributed by atoms with Gasteiger partial charge in [0.15, 0.2) is 0 Å². The van der Waals surface area contributed by atoms with Crippen LogP contribution in [0.1, 0.15) is 37.8 Å². The quantitative estimate of drug-likeness (QED) is 0.718.